The van der Waals surface area contributed by atoms with Gasteiger partial charge in [0, 0.05) is 15.8 Å². The van der Waals surface area contributed by atoms with Crippen LogP contribution in [0.25, 0.3) is 0 Å². The number of benzene rings is 1. The zero-order valence-electron chi connectivity index (χ0n) is 11.6. The number of nitrogens with one attached hydrogen (secondary N) is 1. The summed E-state index contributed by atoms with van der Waals surface area (Å²) in [7, 11) is 0. The van der Waals surface area contributed by atoms with Crippen molar-refractivity contribution in [3.8, 4) is 0 Å². The lowest BCUT2D eigenvalue weighted by Gasteiger charge is -2.22. The number of rotatable bonds is 4. The molecule has 1 heterocycles. The van der Waals surface area contributed by atoms with Gasteiger partial charge in [-0.05, 0) is 65.7 Å². The highest BCUT2D eigenvalue weighted by molar-refractivity contribution is 14.1. The van der Waals surface area contributed by atoms with Gasteiger partial charge < -0.3 is 11.1 Å². The van der Waals surface area contributed by atoms with Crippen LogP contribution >= 0.6 is 35.0 Å². The second-order valence-corrected chi connectivity index (χ2v) is 6.78. The third kappa shape index (κ3) is 4.87. The molecule has 1 aromatic rings. The van der Waals surface area contributed by atoms with Crippen molar-refractivity contribution in [3.05, 3.63) is 27.8 Å². The maximum absolute atomic E-state index is 12.0. The number of amides is 1. The largest absolute Gasteiger partial charge is 0.330 e. The summed E-state index contributed by atoms with van der Waals surface area (Å²) in [6.45, 7) is 5.17. The summed E-state index contributed by atoms with van der Waals surface area (Å²) in [6.07, 6.45) is 1.07. The number of nitrogens with zero attached hydrogens (tertiary/aromatic N) is 1. The van der Waals surface area contributed by atoms with E-state index in [1.165, 1.54) is 0 Å². The fourth-order valence-electron chi connectivity index (χ4n) is 2.40. The second kappa shape index (κ2) is 7.59. The molecular weight excluding hydrogens is 389 g/mol. The molecule has 1 unspecified atom stereocenters. The van der Waals surface area contributed by atoms with Crippen LogP contribution in [0, 0.1) is 8.99 Å². The molecule has 1 amide bonds. The Morgan fingerprint density at radius 3 is 2.90 bits per heavy atom. The van der Waals surface area contributed by atoms with Gasteiger partial charge >= 0.3 is 0 Å². The molecule has 6 heteroatoms. The monoisotopic (exact) mass is 409 g/mol. The fourth-order valence-corrected chi connectivity index (χ4v) is 2.94. The molecule has 1 aliphatic heterocycles. The Morgan fingerprint density at radius 2 is 2.30 bits per heavy atom. The Kier molecular flexibility index (Phi) is 6.71. The van der Waals surface area contributed by atoms with Crippen LogP contribution in [0.1, 0.15) is 13.3 Å². The Morgan fingerprint density at radius 1 is 1.55 bits per heavy atom. The van der Waals surface area contributed by atoms with Crippen LogP contribution in [-0.4, -0.2) is 37.0 Å². The van der Waals surface area contributed by atoms with Gasteiger partial charge in [-0.1, -0.05) is 13.0 Å². The minimum absolute atomic E-state index is 0. The van der Waals surface area contributed by atoms with Crippen molar-refractivity contribution in [1.29, 1.82) is 0 Å². The first-order valence-corrected chi connectivity index (χ1v) is 7.56. The van der Waals surface area contributed by atoms with Crippen molar-refractivity contribution in [2.45, 2.75) is 13.3 Å². The number of halogens is 2. The third-order valence-corrected chi connectivity index (χ3v) is 4.28. The molecule has 1 saturated heterocycles. The molecule has 0 saturated carbocycles. The van der Waals surface area contributed by atoms with Crippen LogP contribution in [0.3, 0.4) is 0 Å². The minimum Gasteiger partial charge on any atom is -0.330 e. The molecule has 0 radical (unpaired) electrons. The number of hydrogen-bond donors (Lipinski definition) is 2. The van der Waals surface area contributed by atoms with Crippen LogP contribution in [0.4, 0.5) is 5.69 Å². The number of carbonyl (C=O) groups excluding carboxylic acids is 1. The smallest absolute Gasteiger partial charge is 0.238 e. The van der Waals surface area contributed by atoms with E-state index in [-0.39, 0.29) is 23.7 Å². The van der Waals surface area contributed by atoms with Crippen molar-refractivity contribution in [3.63, 3.8) is 0 Å². The predicted octanol–water partition coefficient (Wildman–Crippen LogP) is 2.32. The van der Waals surface area contributed by atoms with Crippen LogP contribution in [-0.2, 0) is 4.79 Å². The molecule has 1 atom stereocenters. The van der Waals surface area contributed by atoms with E-state index in [2.05, 4.69) is 39.7 Å². The van der Waals surface area contributed by atoms with Crippen molar-refractivity contribution in [2.75, 3.05) is 31.5 Å². The summed E-state index contributed by atoms with van der Waals surface area (Å²) < 4.78 is 1.12. The zero-order valence-corrected chi connectivity index (χ0v) is 14.5. The molecular formula is C14H21ClIN3O. The maximum Gasteiger partial charge on any atom is 0.238 e. The molecule has 3 N–H and O–H groups in total. The molecule has 0 bridgehead atoms. The molecule has 0 aromatic heterocycles. The standard InChI is InChI=1S/C14H20IN3O.ClH/c1-14(9-16)5-6-18(10-14)8-13(19)17-12-4-2-3-11(15)7-12;/h2-4,7H,5-6,8-10,16H2,1H3,(H,17,19);1H. The SMILES string of the molecule is CC1(CN)CCN(CC(=O)Nc2cccc(I)c2)C1.Cl. The average Bonchev–Trinajstić information content (AvgIpc) is 2.71. The second-order valence-electron chi connectivity index (χ2n) is 5.53. The van der Waals surface area contributed by atoms with Gasteiger partial charge in [0.05, 0.1) is 6.54 Å². The van der Waals surface area contributed by atoms with Crippen molar-refractivity contribution >= 4 is 46.6 Å². The highest BCUT2D eigenvalue weighted by atomic mass is 127. The Bertz CT molecular complexity index is 471. The molecule has 1 fully saturated rings. The molecule has 1 aliphatic rings. The number of hydrogen-bond acceptors (Lipinski definition) is 3. The summed E-state index contributed by atoms with van der Waals surface area (Å²) in [4.78, 5) is 14.2. The lowest BCUT2D eigenvalue weighted by molar-refractivity contribution is -0.117. The Labute approximate surface area is 140 Å². The van der Waals surface area contributed by atoms with Gasteiger partial charge in [-0.3, -0.25) is 9.69 Å². The highest BCUT2D eigenvalue weighted by Gasteiger charge is 2.32. The van der Waals surface area contributed by atoms with E-state index >= 15 is 0 Å². The predicted molar refractivity (Wildman–Crippen MR) is 93.3 cm³/mol. The maximum atomic E-state index is 12.0. The van der Waals surface area contributed by atoms with E-state index in [4.69, 9.17) is 5.73 Å². The van der Waals surface area contributed by atoms with E-state index < -0.39 is 0 Å². The molecule has 0 spiro atoms. The fraction of sp³-hybridized carbons (Fsp3) is 0.500. The summed E-state index contributed by atoms with van der Waals surface area (Å²) in [5.41, 5.74) is 6.80. The number of nitrogens with two attached hydrogens (primary N) is 1. The van der Waals surface area contributed by atoms with E-state index in [9.17, 15) is 4.79 Å². The van der Waals surface area contributed by atoms with Gasteiger partial charge in [-0.25, -0.2) is 0 Å². The minimum atomic E-state index is 0. The molecule has 1 aromatic carbocycles. The summed E-state index contributed by atoms with van der Waals surface area (Å²) in [6, 6.07) is 7.82. The quantitative estimate of drug-likeness (QED) is 0.751. The van der Waals surface area contributed by atoms with Crippen molar-refractivity contribution in [2.24, 2.45) is 11.1 Å². The Balaban J connectivity index is 0.00000200. The first kappa shape index (κ1) is 17.7. The molecule has 112 valence electrons. The van der Waals surface area contributed by atoms with Gasteiger partial charge in [0.1, 0.15) is 0 Å². The lowest BCUT2D eigenvalue weighted by Crippen LogP contribution is -2.35. The van der Waals surface area contributed by atoms with Crippen LogP contribution in [0.5, 0.6) is 0 Å². The molecule has 2 rings (SSSR count). The first-order chi connectivity index (χ1) is 9.00. The van der Waals surface area contributed by atoms with Gasteiger partial charge in [0.15, 0.2) is 0 Å². The van der Waals surface area contributed by atoms with Crippen LogP contribution < -0.4 is 11.1 Å². The third-order valence-electron chi connectivity index (χ3n) is 3.61. The van der Waals surface area contributed by atoms with E-state index in [1.54, 1.807) is 0 Å². The summed E-state index contributed by atoms with van der Waals surface area (Å²) >= 11 is 2.24. The molecule has 20 heavy (non-hydrogen) atoms. The summed E-state index contributed by atoms with van der Waals surface area (Å²) in [5, 5.41) is 2.94. The zero-order chi connectivity index (χ0) is 13.9. The number of anilines is 1. The average molecular weight is 410 g/mol. The highest BCUT2D eigenvalue weighted by Crippen LogP contribution is 2.28. The lowest BCUT2D eigenvalue weighted by atomic mass is 9.90. The van der Waals surface area contributed by atoms with E-state index in [0.717, 1.165) is 28.8 Å². The first-order valence-electron chi connectivity index (χ1n) is 6.49. The van der Waals surface area contributed by atoms with Gasteiger partial charge in [0.2, 0.25) is 5.91 Å². The number of carbonyl (C=O) groups is 1. The normalized spacial score (nSPS) is 22.4. The van der Waals surface area contributed by atoms with E-state index in [0.29, 0.717) is 13.1 Å². The van der Waals surface area contributed by atoms with Gasteiger partial charge in [-0.2, -0.15) is 0 Å². The Hall–Kier alpha value is -0.370. The van der Waals surface area contributed by atoms with Crippen LogP contribution in [0.15, 0.2) is 24.3 Å². The van der Waals surface area contributed by atoms with E-state index in [1.807, 2.05) is 24.3 Å². The summed E-state index contributed by atoms with van der Waals surface area (Å²) in [5.74, 6) is 0.0447. The van der Waals surface area contributed by atoms with Crippen molar-refractivity contribution in [1.82, 2.24) is 4.90 Å². The van der Waals surface area contributed by atoms with Crippen LogP contribution in [0.2, 0.25) is 0 Å². The van der Waals surface area contributed by atoms with Gasteiger partial charge in [-0.15, -0.1) is 12.4 Å². The number of likely N-dealkylation sites (tertiary alicyclic amines) is 1. The molecule has 4 nitrogen and oxygen atoms in total. The van der Waals surface area contributed by atoms with Gasteiger partial charge in [0.25, 0.3) is 0 Å². The topological polar surface area (TPSA) is 58.4 Å². The molecule has 0 aliphatic carbocycles. The van der Waals surface area contributed by atoms with Crippen molar-refractivity contribution < 1.29 is 4.79 Å².